The quantitative estimate of drug-likeness (QED) is 0.188. The van der Waals surface area contributed by atoms with Crippen LogP contribution < -0.4 is 0 Å². The Balaban J connectivity index is 1.22. The molecule has 10 rings (SSSR count). The molecule has 5 heteroatoms. The molecule has 0 fully saturated rings. The molecule has 3 heterocycles. The van der Waals surface area contributed by atoms with Gasteiger partial charge in [-0.05, 0) is 54.6 Å². The summed E-state index contributed by atoms with van der Waals surface area (Å²) >= 11 is 0. The number of hydrogen-bond donors (Lipinski definition) is 0. The number of benzene rings is 7. The van der Waals surface area contributed by atoms with Crippen LogP contribution in [0.3, 0.4) is 0 Å². The highest BCUT2D eigenvalue weighted by Crippen LogP contribution is 2.38. The third kappa shape index (κ3) is 4.52. The van der Waals surface area contributed by atoms with Gasteiger partial charge in [-0.15, -0.1) is 0 Å². The Labute approximate surface area is 288 Å². The van der Waals surface area contributed by atoms with Crippen molar-refractivity contribution in [3.8, 4) is 45.5 Å². The van der Waals surface area contributed by atoms with Crippen molar-refractivity contribution in [1.82, 2.24) is 24.1 Å². The Bertz CT molecular complexity index is 2740. The Hall–Kier alpha value is -6.85. The molecule has 3 aromatic heterocycles. The van der Waals surface area contributed by atoms with Crippen molar-refractivity contribution in [3.05, 3.63) is 176 Å². The average Bonchev–Trinajstić information content (AvgIpc) is 3.71. The van der Waals surface area contributed by atoms with Gasteiger partial charge >= 0.3 is 0 Å². The van der Waals surface area contributed by atoms with Gasteiger partial charge in [0, 0.05) is 49.6 Å². The minimum Gasteiger partial charge on any atom is -0.309 e. The first-order chi connectivity index (χ1) is 24.8. The van der Waals surface area contributed by atoms with Crippen LogP contribution in [-0.2, 0) is 0 Å². The summed E-state index contributed by atoms with van der Waals surface area (Å²) in [6.07, 6.45) is 0. The molecule has 0 atom stereocenters. The molecule has 7 aromatic carbocycles. The first-order valence-electron chi connectivity index (χ1n) is 16.8. The lowest BCUT2D eigenvalue weighted by atomic mass is 10.1. The fraction of sp³-hybridized carbons (Fsp3) is 0. The molecule has 0 N–H and O–H groups in total. The number of aromatic nitrogens is 5. The van der Waals surface area contributed by atoms with Crippen molar-refractivity contribution in [3.63, 3.8) is 0 Å². The third-order valence-corrected chi connectivity index (χ3v) is 9.56. The number of nitrogens with zero attached hydrogens (tertiary/aromatic N) is 5. The van der Waals surface area contributed by atoms with Gasteiger partial charge in [0.05, 0.1) is 22.1 Å². The van der Waals surface area contributed by atoms with Crippen molar-refractivity contribution < 1.29 is 0 Å². The van der Waals surface area contributed by atoms with Crippen LogP contribution in [0.1, 0.15) is 0 Å². The van der Waals surface area contributed by atoms with Gasteiger partial charge in [0.1, 0.15) is 0 Å². The molecule has 0 aliphatic heterocycles. The number of fused-ring (bicyclic) bond motifs is 6. The smallest absolute Gasteiger partial charge is 0.164 e. The Morgan fingerprint density at radius 2 is 0.740 bits per heavy atom. The van der Waals surface area contributed by atoms with Crippen molar-refractivity contribution in [2.75, 3.05) is 0 Å². The predicted molar refractivity (Wildman–Crippen MR) is 205 cm³/mol. The molecule has 0 bridgehead atoms. The topological polar surface area (TPSA) is 48.5 Å². The van der Waals surface area contributed by atoms with Gasteiger partial charge in [0.25, 0.3) is 0 Å². The summed E-state index contributed by atoms with van der Waals surface area (Å²) in [5, 5.41) is 4.80. The highest BCUT2D eigenvalue weighted by molar-refractivity contribution is 6.12. The van der Waals surface area contributed by atoms with Crippen molar-refractivity contribution in [1.29, 1.82) is 0 Å². The van der Waals surface area contributed by atoms with E-state index in [1.54, 1.807) is 0 Å². The summed E-state index contributed by atoms with van der Waals surface area (Å²) in [5.74, 6) is 1.94. The van der Waals surface area contributed by atoms with Crippen LogP contribution in [0.2, 0.25) is 0 Å². The summed E-state index contributed by atoms with van der Waals surface area (Å²) in [6, 6.07) is 61.5. The lowest BCUT2D eigenvalue weighted by molar-refractivity contribution is 1.07. The Morgan fingerprint density at radius 1 is 0.280 bits per heavy atom. The van der Waals surface area contributed by atoms with Crippen LogP contribution in [-0.4, -0.2) is 24.1 Å². The lowest BCUT2D eigenvalue weighted by Crippen LogP contribution is -2.00. The fourth-order valence-corrected chi connectivity index (χ4v) is 7.28. The first-order valence-corrected chi connectivity index (χ1v) is 16.8. The zero-order valence-corrected chi connectivity index (χ0v) is 27.0. The van der Waals surface area contributed by atoms with E-state index in [4.69, 9.17) is 15.0 Å². The second kappa shape index (κ2) is 11.4. The van der Waals surface area contributed by atoms with E-state index in [1.807, 2.05) is 60.7 Å². The van der Waals surface area contributed by atoms with Crippen LogP contribution >= 0.6 is 0 Å². The van der Waals surface area contributed by atoms with E-state index < -0.39 is 0 Å². The van der Waals surface area contributed by atoms with Crippen LogP contribution in [0.15, 0.2) is 176 Å². The van der Waals surface area contributed by atoms with Crippen molar-refractivity contribution in [2.45, 2.75) is 0 Å². The van der Waals surface area contributed by atoms with Gasteiger partial charge in [0.15, 0.2) is 17.5 Å². The van der Waals surface area contributed by atoms with Gasteiger partial charge < -0.3 is 9.13 Å². The third-order valence-electron chi connectivity index (χ3n) is 9.56. The van der Waals surface area contributed by atoms with E-state index in [2.05, 4.69) is 124 Å². The molecule has 0 spiro atoms. The molecule has 50 heavy (non-hydrogen) atoms. The minimum absolute atomic E-state index is 0.641. The lowest BCUT2D eigenvalue weighted by Gasteiger charge is -2.11. The summed E-state index contributed by atoms with van der Waals surface area (Å²) in [5.41, 5.74) is 9.70. The molecule has 0 aliphatic rings. The van der Waals surface area contributed by atoms with Gasteiger partial charge in [-0.2, -0.15) is 0 Å². The van der Waals surface area contributed by atoms with Crippen LogP contribution in [0.4, 0.5) is 0 Å². The average molecular weight is 640 g/mol. The molecule has 0 saturated heterocycles. The van der Waals surface area contributed by atoms with Gasteiger partial charge in [-0.3, -0.25) is 0 Å². The minimum atomic E-state index is 0.641. The van der Waals surface area contributed by atoms with Crippen LogP contribution in [0.25, 0.3) is 89.2 Å². The largest absolute Gasteiger partial charge is 0.309 e. The molecule has 10 aromatic rings. The molecule has 0 unspecified atom stereocenters. The number of para-hydroxylation sites is 3. The summed E-state index contributed by atoms with van der Waals surface area (Å²) in [7, 11) is 0. The molecule has 234 valence electrons. The SMILES string of the molecule is c1ccc(-c2nc(-c3ccccc3)nc(-c3ccc4c(c3)c3ccc(-n5c6ccccc6c6ccccc65)cc3n4-c3ccccc3)n2)cc1. The van der Waals surface area contributed by atoms with E-state index in [0.29, 0.717) is 17.5 Å². The Kier molecular flexibility index (Phi) is 6.42. The van der Waals surface area contributed by atoms with Crippen LogP contribution in [0.5, 0.6) is 0 Å². The summed E-state index contributed by atoms with van der Waals surface area (Å²) < 4.78 is 4.74. The van der Waals surface area contributed by atoms with E-state index >= 15 is 0 Å². The standard InChI is InChI=1S/C45H29N5/c1-4-14-30(15-5-1)43-46-44(31-16-6-2-7-17-31)48-45(47-43)32-24-27-41-38(28-32)37-26-25-34(29-42(37)49(41)33-18-8-3-9-19-33)50-39-22-12-10-20-35(39)36-21-11-13-23-40(36)50/h1-29H. The van der Waals surface area contributed by atoms with E-state index in [1.165, 1.54) is 21.8 Å². The van der Waals surface area contributed by atoms with Gasteiger partial charge in [0.2, 0.25) is 0 Å². The van der Waals surface area contributed by atoms with E-state index in [-0.39, 0.29) is 0 Å². The number of rotatable bonds is 5. The van der Waals surface area contributed by atoms with Crippen molar-refractivity contribution in [2.24, 2.45) is 0 Å². The second-order valence-electron chi connectivity index (χ2n) is 12.5. The van der Waals surface area contributed by atoms with Gasteiger partial charge in [-0.1, -0.05) is 121 Å². The highest BCUT2D eigenvalue weighted by atomic mass is 15.0. The first kappa shape index (κ1) is 28.2. The normalized spacial score (nSPS) is 11.6. The molecular formula is C45H29N5. The second-order valence-corrected chi connectivity index (χ2v) is 12.5. The zero-order chi connectivity index (χ0) is 33.0. The maximum absolute atomic E-state index is 5.02. The molecule has 0 radical (unpaired) electrons. The molecule has 0 aliphatic carbocycles. The maximum Gasteiger partial charge on any atom is 0.164 e. The predicted octanol–water partition coefficient (Wildman–Crippen LogP) is 11.1. The summed E-state index contributed by atoms with van der Waals surface area (Å²) in [4.78, 5) is 15.0. The molecule has 5 nitrogen and oxygen atoms in total. The maximum atomic E-state index is 5.02. The molecular weight excluding hydrogens is 611 g/mol. The monoisotopic (exact) mass is 639 g/mol. The molecule has 0 amide bonds. The fourth-order valence-electron chi connectivity index (χ4n) is 7.28. The Morgan fingerprint density at radius 3 is 1.34 bits per heavy atom. The van der Waals surface area contributed by atoms with Crippen molar-refractivity contribution >= 4 is 43.6 Å². The molecule has 0 saturated carbocycles. The van der Waals surface area contributed by atoms with E-state index in [9.17, 15) is 0 Å². The number of hydrogen-bond acceptors (Lipinski definition) is 3. The van der Waals surface area contributed by atoms with Crippen LogP contribution in [0, 0.1) is 0 Å². The van der Waals surface area contributed by atoms with E-state index in [0.717, 1.165) is 49.9 Å². The zero-order valence-electron chi connectivity index (χ0n) is 27.0. The summed E-state index contributed by atoms with van der Waals surface area (Å²) in [6.45, 7) is 0. The highest BCUT2D eigenvalue weighted by Gasteiger charge is 2.18. The van der Waals surface area contributed by atoms with Gasteiger partial charge in [-0.25, -0.2) is 15.0 Å².